The molecule has 2 aromatic heterocycles. The predicted molar refractivity (Wildman–Crippen MR) is 105 cm³/mol. The van der Waals surface area contributed by atoms with Gasteiger partial charge in [0.1, 0.15) is 23.1 Å². The highest BCUT2D eigenvalue weighted by Crippen LogP contribution is 2.18. The third kappa shape index (κ3) is 5.67. The fraction of sp³-hybridized carbons (Fsp3) is 0.300. The minimum absolute atomic E-state index is 0.00535. The molecule has 0 spiro atoms. The van der Waals surface area contributed by atoms with Gasteiger partial charge in [0, 0.05) is 11.9 Å². The SMILES string of the molecule is CN(C)C(CNC(=O)Cc1csc(COc2ccccc2)n1)c1ccco1. The van der Waals surface area contributed by atoms with Crippen LogP contribution in [0.3, 0.4) is 0 Å². The second kappa shape index (κ2) is 9.34. The third-order valence-electron chi connectivity index (χ3n) is 4.03. The van der Waals surface area contributed by atoms with E-state index in [9.17, 15) is 4.79 Å². The Morgan fingerprint density at radius 3 is 2.78 bits per heavy atom. The first-order chi connectivity index (χ1) is 13.1. The van der Waals surface area contributed by atoms with E-state index in [4.69, 9.17) is 9.15 Å². The van der Waals surface area contributed by atoms with Crippen molar-refractivity contribution in [1.29, 1.82) is 0 Å². The molecule has 0 bridgehead atoms. The number of carbonyl (C=O) groups is 1. The Kier molecular flexibility index (Phi) is 6.62. The molecule has 0 aliphatic rings. The van der Waals surface area contributed by atoms with E-state index in [-0.39, 0.29) is 18.4 Å². The zero-order valence-electron chi connectivity index (χ0n) is 15.4. The first-order valence-corrected chi connectivity index (χ1v) is 9.57. The van der Waals surface area contributed by atoms with Gasteiger partial charge in [0.2, 0.25) is 5.91 Å². The molecule has 1 amide bonds. The number of thiazole rings is 1. The molecule has 27 heavy (non-hydrogen) atoms. The lowest BCUT2D eigenvalue weighted by Gasteiger charge is -2.22. The van der Waals surface area contributed by atoms with Gasteiger partial charge in [-0.1, -0.05) is 18.2 Å². The minimum Gasteiger partial charge on any atom is -0.486 e. The molecular formula is C20H23N3O3S. The lowest BCUT2D eigenvalue weighted by molar-refractivity contribution is -0.120. The van der Waals surface area contributed by atoms with Crippen molar-refractivity contribution in [3.05, 3.63) is 70.6 Å². The first kappa shape index (κ1) is 19.1. The number of para-hydroxylation sites is 1. The number of nitrogens with zero attached hydrogens (tertiary/aromatic N) is 2. The molecule has 0 saturated heterocycles. The molecule has 7 heteroatoms. The van der Waals surface area contributed by atoms with E-state index in [2.05, 4.69) is 10.3 Å². The zero-order valence-corrected chi connectivity index (χ0v) is 16.2. The van der Waals surface area contributed by atoms with Crippen LogP contribution in [0.15, 0.2) is 58.5 Å². The Balaban J connectivity index is 1.47. The molecule has 0 aliphatic heterocycles. The molecule has 0 fully saturated rings. The van der Waals surface area contributed by atoms with Crippen LogP contribution in [0.2, 0.25) is 0 Å². The molecule has 0 aliphatic carbocycles. The smallest absolute Gasteiger partial charge is 0.226 e. The topological polar surface area (TPSA) is 67.6 Å². The van der Waals surface area contributed by atoms with Crippen molar-refractivity contribution in [1.82, 2.24) is 15.2 Å². The van der Waals surface area contributed by atoms with Crippen LogP contribution in [0.4, 0.5) is 0 Å². The molecule has 1 atom stereocenters. The van der Waals surface area contributed by atoms with Gasteiger partial charge in [-0.05, 0) is 38.4 Å². The number of aromatic nitrogens is 1. The second-order valence-electron chi connectivity index (χ2n) is 6.31. The summed E-state index contributed by atoms with van der Waals surface area (Å²) in [6.07, 6.45) is 1.89. The summed E-state index contributed by atoms with van der Waals surface area (Å²) in [5.41, 5.74) is 0.753. The molecule has 0 saturated carbocycles. The number of carbonyl (C=O) groups excluding carboxylic acids is 1. The largest absolute Gasteiger partial charge is 0.486 e. The number of hydrogen-bond donors (Lipinski definition) is 1. The molecule has 1 N–H and O–H groups in total. The molecule has 6 nitrogen and oxygen atoms in total. The number of nitrogens with one attached hydrogen (secondary N) is 1. The van der Waals surface area contributed by atoms with Crippen LogP contribution >= 0.6 is 11.3 Å². The molecule has 1 aromatic carbocycles. The van der Waals surface area contributed by atoms with E-state index in [0.717, 1.165) is 22.2 Å². The molecule has 1 unspecified atom stereocenters. The molecule has 3 aromatic rings. The van der Waals surface area contributed by atoms with Gasteiger partial charge in [-0.2, -0.15) is 0 Å². The highest BCUT2D eigenvalue weighted by Gasteiger charge is 2.18. The summed E-state index contributed by atoms with van der Waals surface area (Å²) in [5.74, 6) is 1.57. The Morgan fingerprint density at radius 2 is 2.07 bits per heavy atom. The molecule has 2 heterocycles. The van der Waals surface area contributed by atoms with Crippen molar-refractivity contribution >= 4 is 17.2 Å². The van der Waals surface area contributed by atoms with E-state index in [1.54, 1.807) is 6.26 Å². The van der Waals surface area contributed by atoms with Crippen LogP contribution in [0.1, 0.15) is 22.5 Å². The predicted octanol–water partition coefficient (Wildman–Crippen LogP) is 3.28. The maximum absolute atomic E-state index is 12.3. The zero-order chi connectivity index (χ0) is 19.1. The first-order valence-electron chi connectivity index (χ1n) is 8.69. The quantitative estimate of drug-likeness (QED) is 0.612. The Labute approximate surface area is 162 Å². The van der Waals surface area contributed by atoms with Gasteiger partial charge in [0.15, 0.2) is 0 Å². The number of hydrogen-bond acceptors (Lipinski definition) is 6. The van der Waals surface area contributed by atoms with E-state index in [0.29, 0.717) is 13.2 Å². The normalized spacial score (nSPS) is 12.1. The van der Waals surface area contributed by atoms with Crippen LogP contribution in [0.25, 0.3) is 0 Å². The Morgan fingerprint density at radius 1 is 1.26 bits per heavy atom. The van der Waals surface area contributed by atoms with Gasteiger partial charge in [-0.15, -0.1) is 11.3 Å². The maximum atomic E-state index is 12.3. The van der Waals surface area contributed by atoms with Crippen molar-refractivity contribution in [2.45, 2.75) is 19.1 Å². The van der Waals surface area contributed by atoms with Crippen molar-refractivity contribution in [3.8, 4) is 5.75 Å². The van der Waals surface area contributed by atoms with Crippen LogP contribution in [-0.2, 0) is 17.8 Å². The fourth-order valence-corrected chi connectivity index (χ4v) is 3.32. The van der Waals surface area contributed by atoms with Gasteiger partial charge in [0.05, 0.1) is 24.4 Å². The van der Waals surface area contributed by atoms with Crippen molar-refractivity contribution in [3.63, 3.8) is 0 Å². The maximum Gasteiger partial charge on any atom is 0.226 e. The number of ether oxygens (including phenoxy) is 1. The van der Waals surface area contributed by atoms with E-state index in [1.165, 1.54) is 11.3 Å². The highest BCUT2D eigenvalue weighted by molar-refractivity contribution is 7.09. The van der Waals surface area contributed by atoms with Crippen LogP contribution < -0.4 is 10.1 Å². The van der Waals surface area contributed by atoms with Crippen molar-refractivity contribution in [2.24, 2.45) is 0 Å². The average Bonchev–Trinajstić information content (AvgIpc) is 3.33. The summed E-state index contributed by atoms with van der Waals surface area (Å²) in [4.78, 5) is 18.8. The summed E-state index contributed by atoms with van der Waals surface area (Å²) in [5, 5.41) is 5.71. The number of furan rings is 1. The highest BCUT2D eigenvalue weighted by atomic mass is 32.1. The summed E-state index contributed by atoms with van der Waals surface area (Å²) in [6, 6.07) is 13.4. The van der Waals surface area contributed by atoms with Gasteiger partial charge < -0.3 is 14.5 Å². The van der Waals surface area contributed by atoms with Gasteiger partial charge in [-0.25, -0.2) is 4.98 Å². The lowest BCUT2D eigenvalue weighted by Crippen LogP contribution is -2.35. The van der Waals surface area contributed by atoms with E-state index in [1.807, 2.05) is 66.8 Å². The molecule has 142 valence electrons. The van der Waals surface area contributed by atoms with Crippen molar-refractivity contribution in [2.75, 3.05) is 20.6 Å². The number of likely N-dealkylation sites (N-methyl/N-ethyl adjacent to an activating group) is 1. The van der Waals surface area contributed by atoms with Crippen LogP contribution in [0.5, 0.6) is 5.75 Å². The third-order valence-corrected chi connectivity index (χ3v) is 4.91. The minimum atomic E-state index is -0.0609. The number of benzene rings is 1. The summed E-state index contributed by atoms with van der Waals surface area (Å²) in [6.45, 7) is 0.880. The molecule has 3 rings (SSSR count). The van der Waals surface area contributed by atoms with E-state index >= 15 is 0 Å². The molecule has 0 radical (unpaired) electrons. The van der Waals surface area contributed by atoms with Gasteiger partial charge in [0.25, 0.3) is 0 Å². The standard InChI is InChI=1S/C20H23N3O3S/c1-23(2)17(18-9-6-10-25-18)12-21-19(24)11-15-14-27-20(22-15)13-26-16-7-4-3-5-8-16/h3-10,14,17H,11-13H2,1-2H3,(H,21,24). The summed E-state index contributed by atoms with van der Waals surface area (Å²) in [7, 11) is 3.91. The Hall–Kier alpha value is -2.64. The Bertz CT molecular complexity index is 831. The van der Waals surface area contributed by atoms with Crippen LogP contribution in [0, 0.1) is 0 Å². The van der Waals surface area contributed by atoms with Gasteiger partial charge >= 0.3 is 0 Å². The number of rotatable bonds is 9. The summed E-state index contributed by atoms with van der Waals surface area (Å²) >= 11 is 1.50. The monoisotopic (exact) mass is 385 g/mol. The van der Waals surface area contributed by atoms with E-state index < -0.39 is 0 Å². The lowest BCUT2D eigenvalue weighted by atomic mass is 10.2. The summed E-state index contributed by atoms with van der Waals surface area (Å²) < 4.78 is 11.1. The number of amides is 1. The average molecular weight is 385 g/mol. The van der Waals surface area contributed by atoms with Crippen LogP contribution in [-0.4, -0.2) is 36.4 Å². The second-order valence-corrected chi connectivity index (χ2v) is 7.25. The molecular weight excluding hydrogens is 362 g/mol. The fourth-order valence-electron chi connectivity index (χ4n) is 2.61. The van der Waals surface area contributed by atoms with Crippen molar-refractivity contribution < 1.29 is 13.9 Å². The van der Waals surface area contributed by atoms with Gasteiger partial charge in [-0.3, -0.25) is 9.69 Å².